The topological polar surface area (TPSA) is 123 Å². The molecule has 0 bridgehead atoms. The van der Waals surface area contributed by atoms with E-state index in [9.17, 15) is 14.4 Å². The first-order chi connectivity index (χ1) is 14.5. The molecule has 1 aliphatic carbocycles. The van der Waals surface area contributed by atoms with Crippen LogP contribution in [-0.2, 0) is 28.7 Å². The second kappa shape index (κ2) is 15.2. The van der Waals surface area contributed by atoms with Gasteiger partial charge in [0.05, 0.1) is 12.2 Å². The molecular weight excluding hydrogens is 392 g/mol. The van der Waals surface area contributed by atoms with Crippen LogP contribution in [0.1, 0.15) is 44.9 Å². The van der Waals surface area contributed by atoms with Crippen molar-refractivity contribution in [1.82, 2.24) is 10.6 Å². The Kier molecular flexibility index (Phi) is 12.9. The summed E-state index contributed by atoms with van der Waals surface area (Å²) in [5, 5.41) is 14.2. The lowest BCUT2D eigenvalue weighted by atomic mass is 9.95. The summed E-state index contributed by atoms with van der Waals surface area (Å²) in [4.78, 5) is 38.0. The van der Waals surface area contributed by atoms with Gasteiger partial charge in [-0.15, -0.1) is 0 Å². The Morgan fingerprint density at radius 1 is 1.00 bits per heavy atom. The van der Waals surface area contributed by atoms with Crippen molar-refractivity contribution in [2.75, 3.05) is 26.3 Å². The molecule has 2 amide bonds. The maximum Gasteiger partial charge on any atom is 0.372 e. The Labute approximate surface area is 177 Å². The van der Waals surface area contributed by atoms with Crippen LogP contribution in [0.25, 0.3) is 0 Å². The van der Waals surface area contributed by atoms with E-state index in [4.69, 9.17) is 14.7 Å². The number of ether oxygens (including phenoxy) is 2. The lowest BCUT2D eigenvalue weighted by Crippen LogP contribution is -2.28. The van der Waals surface area contributed by atoms with Crippen LogP contribution in [0.3, 0.4) is 0 Å². The lowest BCUT2D eigenvalue weighted by molar-refractivity contribution is -0.230. The summed E-state index contributed by atoms with van der Waals surface area (Å²) in [6.45, 7) is 8.59. The third kappa shape index (κ3) is 9.71. The number of carbonyl (C=O) groups is 3. The van der Waals surface area contributed by atoms with Crippen LogP contribution in [0.5, 0.6) is 0 Å². The van der Waals surface area contributed by atoms with Crippen LogP contribution in [-0.4, -0.2) is 55.4 Å². The summed E-state index contributed by atoms with van der Waals surface area (Å²) in [7, 11) is 0. The van der Waals surface area contributed by atoms with Crippen LogP contribution in [0.2, 0.25) is 0 Å². The Morgan fingerprint density at radius 2 is 1.60 bits per heavy atom. The van der Waals surface area contributed by atoms with Crippen molar-refractivity contribution in [2.24, 2.45) is 0 Å². The van der Waals surface area contributed by atoms with E-state index >= 15 is 0 Å². The molecule has 0 spiro atoms. The molecule has 1 rings (SSSR count). The quantitative estimate of drug-likeness (QED) is 0.159. The van der Waals surface area contributed by atoms with E-state index in [-0.39, 0.29) is 17.4 Å². The van der Waals surface area contributed by atoms with Gasteiger partial charge >= 0.3 is 5.97 Å². The normalized spacial score (nSPS) is 15.8. The van der Waals surface area contributed by atoms with Gasteiger partial charge < -0.3 is 20.1 Å². The molecule has 0 aliphatic heterocycles. The molecule has 3 N–H and O–H groups in total. The van der Waals surface area contributed by atoms with E-state index in [1.807, 2.05) is 0 Å². The highest BCUT2D eigenvalue weighted by Gasteiger charge is 2.30. The van der Waals surface area contributed by atoms with E-state index in [2.05, 4.69) is 28.7 Å². The standard InChI is InChI=1S/C21H32N2O7/c1-3-18(24)22-12-5-7-14-28-17-11-9-10-16(21(26)30-27)20(17)29-15-8-6-13-23-19(25)4-2/h3-4,17,27H,1-2,5-15H2,(H,22,24)(H,23,25). The van der Waals surface area contributed by atoms with Crippen molar-refractivity contribution < 1.29 is 34.0 Å². The molecule has 0 heterocycles. The van der Waals surface area contributed by atoms with Crippen molar-refractivity contribution in [2.45, 2.75) is 51.0 Å². The molecule has 1 atom stereocenters. The number of carbonyl (C=O) groups excluding carboxylic acids is 3. The van der Waals surface area contributed by atoms with Crippen molar-refractivity contribution in [3.63, 3.8) is 0 Å². The Balaban J connectivity index is 2.50. The molecule has 1 unspecified atom stereocenters. The Bertz CT molecular complexity index is 631. The zero-order valence-corrected chi connectivity index (χ0v) is 17.3. The van der Waals surface area contributed by atoms with E-state index in [1.54, 1.807) is 0 Å². The van der Waals surface area contributed by atoms with E-state index < -0.39 is 12.1 Å². The molecule has 0 saturated carbocycles. The largest absolute Gasteiger partial charge is 0.495 e. The summed E-state index contributed by atoms with van der Waals surface area (Å²) in [6.07, 6.45) is 6.73. The average molecular weight is 424 g/mol. The molecule has 9 nitrogen and oxygen atoms in total. The van der Waals surface area contributed by atoms with Gasteiger partial charge in [-0.1, -0.05) is 13.2 Å². The predicted octanol–water partition coefficient (Wildman–Crippen LogP) is 2.01. The van der Waals surface area contributed by atoms with Gasteiger partial charge in [-0.25, -0.2) is 4.79 Å². The molecule has 168 valence electrons. The van der Waals surface area contributed by atoms with Gasteiger partial charge in [0.2, 0.25) is 11.8 Å². The molecule has 9 heteroatoms. The minimum absolute atomic E-state index is 0.210. The third-order valence-corrected chi connectivity index (χ3v) is 4.50. The summed E-state index contributed by atoms with van der Waals surface area (Å²) in [5.41, 5.74) is 0.284. The van der Waals surface area contributed by atoms with Gasteiger partial charge in [0, 0.05) is 19.7 Å². The first kappa shape index (κ1) is 25.4. The van der Waals surface area contributed by atoms with Crippen LogP contribution in [0, 0.1) is 0 Å². The first-order valence-corrected chi connectivity index (χ1v) is 10.2. The molecule has 0 radical (unpaired) electrons. The number of unbranched alkanes of at least 4 members (excludes halogenated alkanes) is 2. The minimum Gasteiger partial charge on any atom is -0.495 e. The molecule has 0 saturated heterocycles. The Morgan fingerprint density at radius 3 is 2.17 bits per heavy atom. The zero-order valence-electron chi connectivity index (χ0n) is 17.3. The molecule has 0 aromatic heterocycles. The summed E-state index contributed by atoms with van der Waals surface area (Å²) in [6, 6.07) is 0. The summed E-state index contributed by atoms with van der Waals surface area (Å²) in [5.74, 6) is -0.867. The number of amides is 2. The van der Waals surface area contributed by atoms with Crippen LogP contribution in [0.4, 0.5) is 0 Å². The van der Waals surface area contributed by atoms with Gasteiger partial charge in [0.15, 0.2) is 0 Å². The SMILES string of the molecule is C=CC(=O)NCCCCOC1=C(C(=O)OO)CCCC1OCCCCNC(=O)C=C. The monoisotopic (exact) mass is 424 g/mol. The highest BCUT2D eigenvalue weighted by molar-refractivity contribution is 5.89. The third-order valence-electron chi connectivity index (χ3n) is 4.50. The van der Waals surface area contributed by atoms with Crippen molar-refractivity contribution in [3.8, 4) is 0 Å². The second-order valence-corrected chi connectivity index (χ2v) is 6.73. The molecule has 30 heavy (non-hydrogen) atoms. The fraction of sp³-hybridized carbons (Fsp3) is 0.571. The molecule has 1 aliphatic rings. The van der Waals surface area contributed by atoms with E-state index in [0.717, 1.165) is 12.8 Å². The highest BCUT2D eigenvalue weighted by Crippen LogP contribution is 2.29. The van der Waals surface area contributed by atoms with Crippen molar-refractivity contribution in [1.29, 1.82) is 0 Å². The van der Waals surface area contributed by atoms with Crippen LogP contribution < -0.4 is 10.6 Å². The summed E-state index contributed by atoms with van der Waals surface area (Å²) >= 11 is 0. The molecular formula is C21H32N2O7. The molecule has 0 aromatic carbocycles. The number of rotatable bonds is 15. The zero-order chi connectivity index (χ0) is 22.2. The van der Waals surface area contributed by atoms with Crippen molar-refractivity contribution >= 4 is 17.8 Å². The fourth-order valence-corrected chi connectivity index (χ4v) is 2.94. The van der Waals surface area contributed by atoms with Gasteiger partial charge in [0.25, 0.3) is 0 Å². The van der Waals surface area contributed by atoms with Crippen LogP contribution >= 0.6 is 0 Å². The second-order valence-electron chi connectivity index (χ2n) is 6.73. The van der Waals surface area contributed by atoms with Gasteiger partial charge in [0.1, 0.15) is 11.9 Å². The average Bonchev–Trinajstić information content (AvgIpc) is 2.77. The maximum absolute atomic E-state index is 11.9. The summed E-state index contributed by atoms with van der Waals surface area (Å²) < 4.78 is 11.7. The van der Waals surface area contributed by atoms with E-state index in [0.29, 0.717) is 64.2 Å². The van der Waals surface area contributed by atoms with Crippen LogP contribution in [0.15, 0.2) is 36.6 Å². The first-order valence-electron chi connectivity index (χ1n) is 10.2. The van der Waals surface area contributed by atoms with Gasteiger partial charge in [-0.2, -0.15) is 5.26 Å². The number of nitrogens with one attached hydrogen (secondary N) is 2. The van der Waals surface area contributed by atoms with Gasteiger partial charge in [-0.05, 0) is 57.1 Å². The number of hydrogen-bond donors (Lipinski definition) is 3. The lowest BCUT2D eigenvalue weighted by Gasteiger charge is -2.27. The fourth-order valence-electron chi connectivity index (χ4n) is 2.94. The molecule has 0 fully saturated rings. The Hall–Kier alpha value is -2.65. The van der Waals surface area contributed by atoms with E-state index in [1.165, 1.54) is 12.2 Å². The maximum atomic E-state index is 11.9. The number of hydrogen-bond acceptors (Lipinski definition) is 7. The highest BCUT2D eigenvalue weighted by atomic mass is 17.1. The molecule has 0 aromatic rings. The van der Waals surface area contributed by atoms with Crippen molar-refractivity contribution in [3.05, 3.63) is 36.6 Å². The minimum atomic E-state index is -0.830. The smallest absolute Gasteiger partial charge is 0.372 e. The predicted molar refractivity (Wildman–Crippen MR) is 110 cm³/mol. The van der Waals surface area contributed by atoms with Gasteiger partial charge in [-0.3, -0.25) is 14.5 Å².